The summed E-state index contributed by atoms with van der Waals surface area (Å²) in [5.41, 5.74) is 0.964. The quantitative estimate of drug-likeness (QED) is 0.545. The second-order valence-corrected chi connectivity index (χ2v) is 7.27. The first-order valence-corrected chi connectivity index (χ1v) is 9.47. The first-order valence-electron chi connectivity index (χ1n) is 9.47. The second-order valence-electron chi connectivity index (χ2n) is 7.27. The van der Waals surface area contributed by atoms with Crippen LogP contribution < -0.4 is 15.4 Å². The highest BCUT2D eigenvalue weighted by Crippen LogP contribution is 2.22. The van der Waals surface area contributed by atoms with Crippen LogP contribution in [0, 0.1) is 0 Å². The highest BCUT2D eigenvalue weighted by Gasteiger charge is 2.19. The van der Waals surface area contributed by atoms with Crippen LogP contribution in [-0.4, -0.2) is 29.1 Å². The van der Waals surface area contributed by atoms with Crippen molar-refractivity contribution >= 4 is 5.96 Å². The highest BCUT2D eigenvalue weighted by molar-refractivity contribution is 5.79. The van der Waals surface area contributed by atoms with Gasteiger partial charge in [-0.1, -0.05) is 33.8 Å². The van der Waals surface area contributed by atoms with Gasteiger partial charge in [0.15, 0.2) is 5.96 Å². The van der Waals surface area contributed by atoms with Crippen molar-refractivity contribution < 1.29 is 9.15 Å². The van der Waals surface area contributed by atoms with Crippen LogP contribution in [0.3, 0.4) is 0 Å². The Labute approximate surface area is 161 Å². The number of aliphatic imine (C=N–C) groups is 1. The van der Waals surface area contributed by atoms with Gasteiger partial charge in [0.2, 0.25) is 11.8 Å². The van der Waals surface area contributed by atoms with Crippen molar-refractivity contribution in [1.82, 2.24) is 20.6 Å². The lowest BCUT2D eigenvalue weighted by Crippen LogP contribution is -2.36. The molecule has 2 N–H and O–H groups in total. The molecule has 7 heteroatoms. The lowest BCUT2D eigenvalue weighted by molar-refractivity contribution is 0.305. The third-order valence-electron chi connectivity index (χ3n) is 3.72. The molecule has 0 saturated carbocycles. The lowest BCUT2D eigenvalue weighted by Gasteiger charge is -2.13. The van der Waals surface area contributed by atoms with Gasteiger partial charge in [0.25, 0.3) is 0 Å². The van der Waals surface area contributed by atoms with Gasteiger partial charge in [-0.05, 0) is 18.9 Å². The van der Waals surface area contributed by atoms with Crippen molar-refractivity contribution in [3.8, 4) is 5.88 Å². The average Bonchev–Trinajstić information content (AvgIpc) is 3.12. The van der Waals surface area contributed by atoms with Gasteiger partial charge in [-0.25, -0.2) is 15.0 Å². The Bertz CT molecular complexity index is 717. The number of ether oxygens (including phenoxy) is 1. The number of guanidine groups is 1. The fourth-order valence-corrected chi connectivity index (χ4v) is 2.21. The van der Waals surface area contributed by atoms with E-state index in [1.54, 1.807) is 12.4 Å². The zero-order valence-electron chi connectivity index (χ0n) is 17.0. The van der Waals surface area contributed by atoms with Gasteiger partial charge in [-0.3, -0.25) is 0 Å². The first-order chi connectivity index (χ1) is 12.9. The number of hydrogen-bond donors (Lipinski definition) is 2. The number of nitrogens with one attached hydrogen (secondary N) is 2. The number of aromatic nitrogens is 2. The van der Waals surface area contributed by atoms with E-state index in [0.29, 0.717) is 37.4 Å². The molecule has 2 heterocycles. The van der Waals surface area contributed by atoms with E-state index in [1.165, 1.54) is 0 Å². The van der Waals surface area contributed by atoms with Crippen molar-refractivity contribution in [3.63, 3.8) is 0 Å². The number of rotatable bonds is 8. The maximum absolute atomic E-state index is 5.80. The highest BCUT2D eigenvalue weighted by atomic mass is 16.5. The number of pyridine rings is 1. The minimum absolute atomic E-state index is 0.0517. The molecular formula is C20H31N5O2. The molecule has 2 aromatic heterocycles. The third-order valence-corrected chi connectivity index (χ3v) is 3.72. The summed E-state index contributed by atoms with van der Waals surface area (Å²) < 4.78 is 11.3. The normalized spacial score (nSPS) is 12.1. The van der Waals surface area contributed by atoms with E-state index in [4.69, 9.17) is 9.15 Å². The van der Waals surface area contributed by atoms with Crippen LogP contribution in [0.25, 0.3) is 0 Å². The van der Waals surface area contributed by atoms with Gasteiger partial charge in [0.05, 0.1) is 25.9 Å². The Morgan fingerprint density at radius 1 is 1.15 bits per heavy atom. The van der Waals surface area contributed by atoms with Gasteiger partial charge in [0, 0.05) is 24.2 Å². The Balaban J connectivity index is 1.92. The van der Waals surface area contributed by atoms with Crippen LogP contribution in [0.5, 0.6) is 5.88 Å². The predicted octanol–water partition coefficient (Wildman–Crippen LogP) is 3.41. The fourth-order valence-electron chi connectivity index (χ4n) is 2.21. The summed E-state index contributed by atoms with van der Waals surface area (Å²) in [5.74, 6) is 2.87. The van der Waals surface area contributed by atoms with Crippen LogP contribution in [0.1, 0.15) is 58.3 Å². The van der Waals surface area contributed by atoms with Crippen molar-refractivity contribution in [2.24, 2.45) is 4.99 Å². The van der Waals surface area contributed by atoms with Crippen LogP contribution >= 0.6 is 0 Å². The third kappa shape index (κ3) is 6.92. The zero-order chi connectivity index (χ0) is 19.7. The number of nitrogens with zero attached hydrogens (tertiary/aromatic N) is 3. The molecule has 0 saturated heterocycles. The average molecular weight is 374 g/mol. The van der Waals surface area contributed by atoms with Crippen LogP contribution in [-0.2, 0) is 18.5 Å². The molecule has 0 spiro atoms. The van der Waals surface area contributed by atoms with E-state index in [0.717, 1.165) is 24.3 Å². The minimum Gasteiger partial charge on any atom is -0.478 e. The van der Waals surface area contributed by atoms with Gasteiger partial charge >= 0.3 is 0 Å². The topological polar surface area (TPSA) is 84.6 Å². The van der Waals surface area contributed by atoms with Crippen molar-refractivity contribution in [2.45, 2.75) is 59.5 Å². The molecule has 7 nitrogen and oxygen atoms in total. The Hall–Kier alpha value is -2.57. The Kier molecular flexibility index (Phi) is 7.64. The Morgan fingerprint density at radius 2 is 1.96 bits per heavy atom. The molecule has 0 amide bonds. The predicted molar refractivity (Wildman–Crippen MR) is 107 cm³/mol. The number of hydrogen-bond acceptors (Lipinski definition) is 5. The molecule has 0 radical (unpaired) electrons. The fraction of sp³-hybridized carbons (Fsp3) is 0.550. The Morgan fingerprint density at radius 3 is 2.56 bits per heavy atom. The summed E-state index contributed by atoms with van der Waals surface area (Å²) >= 11 is 0. The van der Waals surface area contributed by atoms with Crippen LogP contribution in [0.15, 0.2) is 33.9 Å². The summed E-state index contributed by atoms with van der Waals surface area (Å²) in [6.07, 6.45) is 4.55. The van der Waals surface area contributed by atoms with E-state index >= 15 is 0 Å². The molecular weight excluding hydrogens is 342 g/mol. The van der Waals surface area contributed by atoms with Gasteiger partial charge in [-0.15, -0.1) is 0 Å². The summed E-state index contributed by atoms with van der Waals surface area (Å²) in [6.45, 7) is 12.8. The molecule has 2 rings (SSSR count). The van der Waals surface area contributed by atoms with Crippen LogP contribution in [0.4, 0.5) is 0 Å². The van der Waals surface area contributed by atoms with E-state index in [2.05, 4.69) is 53.3 Å². The van der Waals surface area contributed by atoms with Crippen molar-refractivity contribution in [3.05, 3.63) is 41.7 Å². The minimum atomic E-state index is -0.0517. The van der Waals surface area contributed by atoms with Crippen LogP contribution in [0.2, 0.25) is 0 Å². The van der Waals surface area contributed by atoms with Crippen molar-refractivity contribution in [2.75, 3.05) is 13.2 Å². The SMILES string of the molecule is CCCOc1ccc(CN=C(NCC)NCc2ncc(C(C)(C)C)o2)cn1. The zero-order valence-corrected chi connectivity index (χ0v) is 17.0. The van der Waals surface area contributed by atoms with E-state index in [1.807, 2.05) is 19.1 Å². The first kappa shape index (κ1) is 20.7. The maximum Gasteiger partial charge on any atom is 0.213 e. The standard InChI is InChI=1S/C20H31N5O2/c1-6-10-26-17-9-8-15(11-22-17)12-24-19(21-7-2)25-14-18-23-13-16(27-18)20(3,4)5/h8-9,11,13H,6-7,10,12,14H2,1-5H3,(H2,21,24,25). The van der Waals surface area contributed by atoms with Gasteiger partial charge in [0.1, 0.15) is 5.76 Å². The molecule has 0 aliphatic heterocycles. The lowest BCUT2D eigenvalue weighted by atomic mass is 9.94. The summed E-state index contributed by atoms with van der Waals surface area (Å²) in [5, 5.41) is 6.47. The van der Waals surface area contributed by atoms with Crippen molar-refractivity contribution in [1.29, 1.82) is 0 Å². The molecule has 148 valence electrons. The molecule has 0 aliphatic rings. The summed E-state index contributed by atoms with van der Waals surface area (Å²) in [6, 6.07) is 3.86. The van der Waals surface area contributed by atoms with Gasteiger partial charge < -0.3 is 19.8 Å². The smallest absolute Gasteiger partial charge is 0.213 e. The molecule has 0 aliphatic carbocycles. The van der Waals surface area contributed by atoms with Gasteiger partial charge in [-0.2, -0.15) is 0 Å². The van der Waals surface area contributed by atoms with E-state index in [-0.39, 0.29) is 5.41 Å². The monoisotopic (exact) mass is 373 g/mol. The molecule has 27 heavy (non-hydrogen) atoms. The summed E-state index contributed by atoms with van der Waals surface area (Å²) in [4.78, 5) is 13.2. The molecule has 0 unspecified atom stereocenters. The molecule has 0 fully saturated rings. The van der Waals surface area contributed by atoms with E-state index in [9.17, 15) is 0 Å². The maximum atomic E-state index is 5.80. The molecule has 0 aromatic carbocycles. The number of oxazole rings is 1. The van der Waals surface area contributed by atoms with E-state index < -0.39 is 0 Å². The largest absolute Gasteiger partial charge is 0.478 e. The molecule has 0 bridgehead atoms. The molecule has 0 atom stereocenters. The summed E-state index contributed by atoms with van der Waals surface area (Å²) in [7, 11) is 0. The molecule has 2 aromatic rings. The second kappa shape index (κ2) is 9.94.